The molecule has 2 rings (SSSR count). The fraction of sp³-hybridized carbons (Fsp3) is 0.143. The van der Waals surface area contributed by atoms with Gasteiger partial charge in [-0.1, -0.05) is 30.8 Å². The van der Waals surface area contributed by atoms with Crippen molar-refractivity contribution in [1.82, 2.24) is 14.9 Å². The van der Waals surface area contributed by atoms with E-state index in [1.54, 1.807) is 12.5 Å². The van der Waals surface area contributed by atoms with Gasteiger partial charge >= 0.3 is 0 Å². The van der Waals surface area contributed by atoms with Crippen molar-refractivity contribution in [3.63, 3.8) is 0 Å². The maximum absolute atomic E-state index is 11.2. The zero-order valence-corrected chi connectivity index (χ0v) is 10.0. The van der Waals surface area contributed by atoms with Gasteiger partial charge in [-0.2, -0.15) is 0 Å². The number of rotatable bonds is 5. The van der Waals surface area contributed by atoms with Crippen LogP contribution < -0.4 is 5.32 Å². The molecule has 0 bridgehead atoms. The standard InChI is InChI=1S/C14H15N3O/c1-2-14(18)16-9-12-5-3-4-6-13(12)10-17-8-7-15-11-17/h2-8,11H,1,9-10H2,(H,16,18). The first-order chi connectivity index (χ1) is 8.79. The SMILES string of the molecule is C=CC(=O)NCc1ccccc1Cn1ccnc1. The lowest BCUT2D eigenvalue weighted by Gasteiger charge is -2.10. The summed E-state index contributed by atoms with van der Waals surface area (Å²) in [5.74, 6) is -0.160. The summed E-state index contributed by atoms with van der Waals surface area (Å²) in [6.07, 6.45) is 6.72. The lowest BCUT2D eigenvalue weighted by Crippen LogP contribution is -2.21. The lowest BCUT2D eigenvalue weighted by molar-refractivity contribution is -0.116. The molecule has 0 aliphatic rings. The smallest absolute Gasteiger partial charge is 0.243 e. The monoisotopic (exact) mass is 241 g/mol. The van der Waals surface area contributed by atoms with Crippen LogP contribution in [0, 0.1) is 0 Å². The molecular formula is C14H15N3O. The van der Waals surface area contributed by atoms with E-state index >= 15 is 0 Å². The third kappa shape index (κ3) is 3.07. The van der Waals surface area contributed by atoms with E-state index in [1.165, 1.54) is 11.6 Å². The predicted octanol–water partition coefficient (Wildman–Crippen LogP) is 1.73. The number of imidazole rings is 1. The van der Waals surface area contributed by atoms with Crippen LogP contribution in [0.4, 0.5) is 0 Å². The van der Waals surface area contributed by atoms with Crippen molar-refractivity contribution in [3.8, 4) is 0 Å². The summed E-state index contributed by atoms with van der Waals surface area (Å²) in [7, 11) is 0. The third-order valence-electron chi connectivity index (χ3n) is 2.67. The van der Waals surface area contributed by atoms with Crippen molar-refractivity contribution in [1.29, 1.82) is 0 Å². The van der Waals surface area contributed by atoms with Gasteiger partial charge in [0.05, 0.1) is 6.33 Å². The van der Waals surface area contributed by atoms with Crippen molar-refractivity contribution in [2.75, 3.05) is 0 Å². The summed E-state index contributed by atoms with van der Waals surface area (Å²) in [6, 6.07) is 8.02. The van der Waals surface area contributed by atoms with E-state index < -0.39 is 0 Å². The molecule has 1 heterocycles. The second-order valence-electron chi connectivity index (χ2n) is 3.93. The Hall–Kier alpha value is -2.36. The molecule has 1 N–H and O–H groups in total. The minimum atomic E-state index is -0.160. The van der Waals surface area contributed by atoms with Crippen LogP contribution in [-0.4, -0.2) is 15.5 Å². The molecule has 0 aliphatic carbocycles. The first-order valence-electron chi connectivity index (χ1n) is 5.72. The average molecular weight is 241 g/mol. The zero-order chi connectivity index (χ0) is 12.8. The number of aromatic nitrogens is 2. The van der Waals surface area contributed by atoms with Crippen molar-refractivity contribution in [2.24, 2.45) is 0 Å². The number of hydrogen-bond donors (Lipinski definition) is 1. The van der Waals surface area contributed by atoms with Crippen LogP contribution >= 0.6 is 0 Å². The Kier molecular flexibility index (Phi) is 3.91. The molecule has 2 aromatic rings. The first kappa shape index (κ1) is 12.1. The van der Waals surface area contributed by atoms with E-state index in [0.717, 1.165) is 12.1 Å². The zero-order valence-electron chi connectivity index (χ0n) is 10.0. The molecular weight excluding hydrogens is 226 g/mol. The molecule has 4 heteroatoms. The molecule has 0 atom stereocenters. The number of amides is 1. The van der Waals surface area contributed by atoms with E-state index in [1.807, 2.05) is 29.0 Å². The highest BCUT2D eigenvalue weighted by atomic mass is 16.1. The van der Waals surface area contributed by atoms with E-state index in [9.17, 15) is 4.79 Å². The molecule has 1 amide bonds. The lowest BCUT2D eigenvalue weighted by atomic mass is 10.1. The number of benzene rings is 1. The van der Waals surface area contributed by atoms with Crippen molar-refractivity contribution in [3.05, 3.63) is 66.8 Å². The summed E-state index contributed by atoms with van der Waals surface area (Å²) in [4.78, 5) is 15.2. The Morgan fingerprint density at radius 2 is 2.17 bits per heavy atom. The van der Waals surface area contributed by atoms with Crippen LogP contribution in [0.3, 0.4) is 0 Å². The van der Waals surface area contributed by atoms with Crippen LogP contribution in [0.15, 0.2) is 55.6 Å². The topological polar surface area (TPSA) is 46.9 Å². The van der Waals surface area contributed by atoms with E-state index in [0.29, 0.717) is 6.54 Å². The van der Waals surface area contributed by atoms with Gasteiger partial charge in [0.15, 0.2) is 0 Å². The molecule has 92 valence electrons. The number of nitrogens with zero attached hydrogens (tertiary/aromatic N) is 2. The van der Waals surface area contributed by atoms with E-state index in [2.05, 4.69) is 22.9 Å². The Bertz CT molecular complexity index is 532. The van der Waals surface area contributed by atoms with Crippen LogP contribution in [0.5, 0.6) is 0 Å². The molecule has 0 fully saturated rings. The molecule has 4 nitrogen and oxygen atoms in total. The molecule has 0 spiro atoms. The summed E-state index contributed by atoms with van der Waals surface area (Å²) in [5, 5.41) is 2.79. The highest BCUT2D eigenvalue weighted by Crippen LogP contribution is 2.10. The Labute approximate surface area is 106 Å². The van der Waals surface area contributed by atoms with Crippen molar-refractivity contribution < 1.29 is 4.79 Å². The molecule has 0 saturated carbocycles. The number of carbonyl (C=O) groups is 1. The van der Waals surface area contributed by atoms with Gasteiger partial charge in [-0.3, -0.25) is 4.79 Å². The third-order valence-corrected chi connectivity index (χ3v) is 2.67. The van der Waals surface area contributed by atoms with Crippen LogP contribution in [0.25, 0.3) is 0 Å². The van der Waals surface area contributed by atoms with E-state index in [-0.39, 0.29) is 5.91 Å². The molecule has 1 aromatic heterocycles. The second-order valence-corrected chi connectivity index (χ2v) is 3.93. The van der Waals surface area contributed by atoms with Gasteiger partial charge in [0.2, 0.25) is 5.91 Å². The Morgan fingerprint density at radius 1 is 1.39 bits per heavy atom. The minimum absolute atomic E-state index is 0.160. The molecule has 0 aliphatic heterocycles. The van der Waals surface area contributed by atoms with Crippen LogP contribution in [0.2, 0.25) is 0 Å². The predicted molar refractivity (Wildman–Crippen MR) is 69.8 cm³/mol. The molecule has 0 radical (unpaired) electrons. The van der Waals surface area contributed by atoms with Crippen molar-refractivity contribution >= 4 is 5.91 Å². The van der Waals surface area contributed by atoms with Gasteiger partial charge in [0.1, 0.15) is 0 Å². The van der Waals surface area contributed by atoms with Crippen molar-refractivity contribution in [2.45, 2.75) is 13.1 Å². The van der Waals surface area contributed by atoms with Gasteiger partial charge < -0.3 is 9.88 Å². The van der Waals surface area contributed by atoms with Crippen LogP contribution in [-0.2, 0) is 17.9 Å². The Morgan fingerprint density at radius 3 is 2.83 bits per heavy atom. The summed E-state index contributed by atoms with van der Waals surface area (Å²) >= 11 is 0. The maximum Gasteiger partial charge on any atom is 0.243 e. The normalized spacial score (nSPS) is 10.0. The minimum Gasteiger partial charge on any atom is -0.348 e. The van der Waals surface area contributed by atoms with Crippen LogP contribution in [0.1, 0.15) is 11.1 Å². The fourth-order valence-electron chi connectivity index (χ4n) is 1.72. The van der Waals surface area contributed by atoms with Gasteiger partial charge in [-0.05, 0) is 17.2 Å². The molecule has 0 unspecified atom stereocenters. The van der Waals surface area contributed by atoms with Gasteiger partial charge in [0, 0.05) is 25.5 Å². The number of carbonyl (C=O) groups excluding carboxylic acids is 1. The number of hydrogen-bond acceptors (Lipinski definition) is 2. The second kappa shape index (κ2) is 5.82. The van der Waals surface area contributed by atoms with Gasteiger partial charge in [-0.15, -0.1) is 0 Å². The highest BCUT2D eigenvalue weighted by molar-refractivity contribution is 5.86. The summed E-state index contributed by atoms with van der Waals surface area (Å²) < 4.78 is 1.99. The fourth-order valence-corrected chi connectivity index (χ4v) is 1.72. The molecule has 18 heavy (non-hydrogen) atoms. The van der Waals surface area contributed by atoms with Gasteiger partial charge in [-0.25, -0.2) is 4.98 Å². The summed E-state index contributed by atoms with van der Waals surface area (Å²) in [5.41, 5.74) is 2.27. The molecule has 1 aromatic carbocycles. The summed E-state index contributed by atoms with van der Waals surface area (Å²) in [6.45, 7) is 4.69. The number of nitrogens with one attached hydrogen (secondary N) is 1. The highest BCUT2D eigenvalue weighted by Gasteiger charge is 2.03. The van der Waals surface area contributed by atoms with Gasteiger partial charge in [0.25, 0.3) is 0 Å². The molecule has 0 saturated heterocycles. The quantitative estimate of drug-likeness (QED) is 0.810. The Balaban J connectivity index is 2.10. The average Bonchev–Trinajstić information content (AvgIpc) is 2.90. The largest absolute Gasteiger partial charge is 0.348 e. The first-order valence-corrected chi connectivity index (χ1v) is 5.72. The van der Waals surface area contributed by atoms with E-state index in [4.69, 9.17) is 0 Å². The maximum atomic E-state index is 11.2.